The number of ether oxygens (including phenoxy) is 1. The smallest absolute Gasteiger partial charge is 0.231 e. The van der Waals surface area contributed by atoms with Gasteiger partial charge in [0.1, 0.15) is 11.6 Å². The second kappa shape index (κ2) is 5.19. The van der Waals surface area contributed by atoms with E-state index in [0.717, 1.165) is 12.8 Å². The Hall–Kier alpha value is -1.87. The largest absolute Gasteiger partial charge is 0.377 e. The highest BCUT2D eigenvalue weighted by molar-refractivity contribution is 5.93. The number of hydrogen-bond acceptors (Lipinski definition) is 4. The zero-order valence-corrected chi connectivity index (χ0v) is 10.5. The highest BCUT2D eigenvalue weighted by Gasteiger charge is 2.33. The lowest BCUT2D eigenvalue weighted by molar-refractivity contribution is -0.121. The number of amides is 1. The summed E-state index contributed by atoms with van der Waals surface area (Å²) in [6, 6.07) is 2.01. The van der Waals surface area contributed by atoms with Crippen molar-refractivity contribution < 1.29 is 9.53 Å². The van der Waals surface area contributed by atoms with Crippen LogP contribution in [0.2, 0.25) is 0 Å². The molecule has 96 valence electrons. The van der Waals surface area contributed by atoms with Crippen molar-refractivity contribution in [2.45, 2.75) is 25.9 Å². The van der Waals surface area contributed by atoms with E-state index >= 15 is 0 Å². The Bertz CT molecular complexity index is 489. The molecule has 1 fully saturated rings. The highest BCUT2D eigenvalue weighted by Crippen LogP contribution is 2.25. The Kier molecular flexibility index (Phi) is 3.63. The summed E-state index contributed by atoms with van der Waals surface area (Å²) in [6.07, 6.45) is 3.09. The summed E-state index contributed by atoms with van der Waals surface area (Å²) in [7, 11) is 1.71. The number of hydrogen-bond donors (Lipinski definition) is 1. The summed E-state index contributed by atoms with van der Waals surface area (Å²) in [5, 5.41) is 15.7. The highest BCUT2D eigenvalue weighted by atomic mass is 16.5. The molecule has 6 nitrogen and oxygen atoms in total. The first-order valence-electron chi connectivity index (χ1n) is 6.02. The number of aryl methyl sites for hydroxylation is 1. The Morgan fingerprint density at radius 3 is 3.22 bits per heavy atom. The molecule has 0 bridgehead atoms. The molecule has 18 heavy (non-hydrogen) atoms. The van der Waals surface area contributed by atoms with Gasteiger partial charge in [-0.05, 0) is 12.8 Å². The minimum absolute atomic E-state index is 0.0285. The van der Waals surface area contributed by atoms with Gasteiger partial charge in [0.2, 0.25) is 5.91 Å². The molecule has 0 radical (unpaired) electrons. The van der Waals surface area contributed by atoms with Gasteiger partial charge < -0.3 is 10.1 Å². The molecule has 2 unspecified atom stereocenters. The molecule has 2 heterocycles. The van der Waals surface area contributed by atoms with Crippen molar-refractivity contribution in [2.75, 3.05) is 11.9 Å². The molecular formula is C12H16N4O2. The van der Waals surface area contributed by atoms with Gasteiger partial charge in [0.15, 0.2) is 5.82 Å². The number of anilines is 1. The summed E-state index contributed by atoms with van der Waals surface area (Å²) >= 11 is 0. The minimum atomic E-state index is -0.149. The SMILES string of the molecule is CCC1OCCC1C(=O)Nc1nn(C)cc1C#N. The van der Waals surface area contributed by atoms with E-state index in [9.17, 15) is 4.79 Å². The van der Waals surface area contributed by atoms with Crippen molar-refractivity contribution in [3.05, 3.63) is 11.8 Å². The molecule has 6 heteroatoms. The molecule has 1 aliphatic rings. The van der Waals surface area contributed by atoms with Crippen molar-refractivity contribution in [2.24, 2.45) is 13.0 Å². The molecule has 1 aliphatic heterocycles. The topological polar surface area (TPSA) is 79.9 Å². The normalized spacial score (nSPS) is 22.7. The maximum Gasteiger partial charge on any atom is 0.231 e. The summed E-state index contributed by atoms with van der Waals surface area (Å²) in [5.41, 5.74) is 0.373. The van der Waals surface area contributed by atoms with Crippen LogP contribution in [-0.2, 0) is 16.6 Å². The van der Waals surface area contributed by atoms with Gasteiger partial charge in [0.05, 0.1) is 12.0 Å². The maximum absolute atomic E-state index is 12.1. The fraction of sp³-hybridized carbons (Fsp3) is 0.583. The van der Waals surface area contributed by atoms with Crippen molar-refractivity contribution in [3.63, 3.8) is 0 Å². The van der Waals surface area contributed by atoms with Gasteiger partial charge in [-0.25, -0.2) is 0 Å². The Morgan fingerprint density at radius 1 is 1.78 bits per heavy atom. The third-order valence-electron chi connectivity index (χ3n) is 3.14. The van der Waals surface area contributed by atoms with E-state index in [1.165, 1.54) is 4.68 Å². The molecule has 1 aromatic rings. The van der Waals surface area contributed by atoms with Crippen LogP contribution in [0.5, 0.6) is 0 Å². The Labute approximate surface area is 106 Å². The third kappa shape index (κ3) is 2.36. The first kappa shape index (κ1) is 12.6. The lowest BCUT2D eigenvalue weighted by atomic mass is 9.99. The number of nitriles is 1. The number of carbonyl (C=O) groups excluding carboxylic acids is 1. The van der Waals surface area contributed by atoms with E-state index in [2.05, 4.69) is 10.4 Å². The minimum Gasteiger partial charge on any atom is -0.377 e. The molecular weight excluding hydrogens is 232 g/mol. The number of nitrogens with one attached hydrogen (secondary N) is 1. The first-order valence-corrected chi connectivity index (χ1v) is 6.02. The van der Waals surface area contributed by atoms with Crippen molar-refractivity contribution in [3.8, 4) is 6.07 Å². The molecule has 1 saturated heterocycles. The second-order valence-electron chi connectivity index (χ2n) is 4.38. The van der Waals surface area contributed by atoms with Crippen LogP contribution in [0.25, 0.3) is 0 Å². The fourth-order valence-electron chi connectivity index (χ4n) is 2.22. The zero-order valence-electron chi connectivity index (χ0n) is 10.5. The molecule has 0 aliphatic carbocycles. The number of rotatable bonds is 3. The summed E-state index contributed by atoms with van der Waals surface area (Å²) in [5.74, 6) is 0.0600. The van der Waals surface area contributed by atoms with Gasteiger partial charge in [-0.1, -0.05) is 6.92 Å². The number of aromatic nitrogens is 2. The summed E-state index contributed by atoms with van der Waals surface area (Å²) < 4.78 is 6.99. The predicted molar refractivity (Wildman–Crippen MR) is 64.7 cm³/mol. The van der Waals surface area contributed by atoms with E-state index in [1.807, 2.05) is 13.0 Å². The van der Waals surface area contributed by atoms with Crippen LogP contribution in [0.15, 0.2) is 6.20 Å². The lowest BCUT2D eigenvalue weighted by Gasteiger charge is -2.15. The molecule has 0 saturated carbocycles. The van der Waals surface area contributed by atoms with Gasteiger partial charge in [-0.3, -0.25) is 9.48 Å². The van der Waals surface area contributed by atoms with Gasteiger partial charge in [0.25, 0.3) is 0 Å². The predicted octanol–water partition coefficient (Wildman–Crippen LogP) is 1.05. The molecule has 2 atom stereocenters. The van der Waals surface area contributed by atoms with E-state index < -0.39 is 0 Å². The van der Waals surface area contributed by atoms with Crippen molar-refractivity contribution in [1.29, 1.82) is 5.26 Å². The molecule has 1 aromatic heterocycles. The average molecular weight is 248 g/mol. The summed E-state index contributed by atoms with van der Waals surface area (Å²) in [6.45, 7) is 2.61. The first-order chi connectivity index (χ1) is 8.65. The lowest BCUT2D eigenvalue weighted by Crippen LogP contribution is -2.29. The number of carbonyl (C=O) groups is 1. The van der Waals surface area contributed by atoms with Gasteiger partial charge in [-0.2, -0.15) is 10.4 Å². The Morgan fingerprint density at radius 2 is 2.56 bits per heavy atom. The average Bonchev–Trinajstić information content (AvgIpc) is 2.95. The fourth-order valence-corrected chi connectivity index (χ4v) is 2.22. The Balaban J connectivity index is 2.09. The standard InChI is InChI=1S/C12H16N4O2/c1-3-10-9(4-5-18-10)12(17)14-11-8(6-13)7-16(2)15-11/h7,9-10H,3-5H2,1-2H3,(H,14,15,17). The van der Waals surface area contributed by atoms with Crippen LogP contribution >= 0.6 is 0 Å². The maximum atomic E-state index is 12.1. The van der Waals surface area contributed by atoms with Crippen LogP contribution in [-0.4, -0.2) is 28.4 Å². The van der Waals surface area contributed by atoms with Crippen molar-refractivity contribution >= 4 is 11.7 Å². The van der Waals surface area contributed by atoms with E-state index in [4.69, 9.17) is 10.00 Å². The molecule has 0 spiro atoms. The van der Waals surface area contributed by atoms with Gasteiger partial charge in [-0.15, -0.1) is 0 Å². The summed E-state index contributed by atoms with van der Waals surface area (Å²) in [4.78, 5) is 12.1. The molecule has 0 aromatic carbocycles. The van der Waals surface area contributed by atoms with Gasteiger partial charge >= 0.3 is 0 Å². The van der Waals surface area contributed by atoms with Crippen molar-refractivity contribution in [1.82, 2.24) is 9.78 Å². The zero-order chi connectivity index (χ0) is 13.1. The quantitative estimate of drug-likeness (QED) is 0.866. The van der Waals surface area contributed by atoms with Gasteiger partial charge in [0, 0.05) is 19.9 Å². The van der Waals surface area contributed by atoms with E-state index in [1.54, 1.807) is 13.2 Å². The third-order valence-corrected chi connectivity index (χ3v) is 3.14. The van der Waals surface area contributed by atoms with Crippen LogP contribution in [0.4, 0.5) is 5.82 Å². The molecule has 1 amide bonds. The molecule has 2 rings (SSSR count). The van der Waals surface area contributed by atoms with Crippen LogP contribution in [0.1, 0.15) is 25.3 Å². The molecule has 1 N–H and O–H groups in total. The monoisotopic (exact) mass is 248 g/mol. The van der Waals surface area contributed by atoms with E-state index in [-0.39, 0.29) is 17.9 Å². The second-order valence-corrected chi connectivity index (χ2v) is 4.38. The number of nitrogens with zero attached hydrogens (tertiary/aromatic N) is 3. The van der Waals surface area contributed by atoms with Crippen LogP contribution < -0.4 is 5.32 Å². The van der Waals surface area contributed by atoms with E-state index in [0.29, 0.717) is 18.0 Å². The van der Waals surface area contributed by atoms with Crippen LogP contribution in [0.3, 0.4) is 0 Å². The van der Waals surface area contributed by atoms with Crippen LogP contribution in [0, 0.1) is 17.2 Å².